The van der Waals surface area contributed by atoms with Crippen LogP contribution in [0, 0.1) is 17.8 Å². The van der Waals surface area contributed by atoms with Crippen molar-refractivity contribution in [3.8, 4) is 5.75 Å². The number of halogens is 1. The topological polar surface area (TPSA) is 91.4 Å². The maximum absolute atomic E-state index is 13.6. The SMILES string of the molecule is CO[C@]1(CN2CC(C)(N(C)C)C2)/C=C/C[C@H](C)[C@@H](C)S(=O)(=O)NC(=O)c2ccc3c(c2)N(C[C@@H]2CC[C@H]21)C[C@@]1(CCCc2cc(Cl)ccc21)CO3. The van der Waals surface area contributed by atoms with Crippen molar-refractivity contribution in [3.05, 3.63) is 70.3 Å². The number of amides is 1. The molecule has 0 unspecified atom stereocenters. The van der Waals surface area contributed by atoms with Gasteiger partial charge in [0.15, 0.2) is 0 Å². The van der Waals surface area contributed by atoms with Gasteiger partial charge in [-0.1, -0.05) is 36.7 Å². The highest BCUT2D eigenvalue weighted by molar-refractivity contribution is 7.90. The second-order valence-electron chi connectivity index (χ2n) is 16.7. The summed E-state index contributed by atoms with van der Waals surface area (Å²) in [5, 5.41) is -0.0266. The van der Waals surface area contributed by atoms with Crippen molar-refractivity contribution in [2.24, 2.45) is 17.8 Å². The summed E-state index contributed by atoms with van der Waals surface area (Å²) in [5.74, 6) is 0.493. The van der Waals surface area contributed by atoms with E-state index in [1.165, 1.54) is 11.1 Å². The Kier molecular flexibility index (Phi) is 9.83. The lowest BCUT2D eigenvalue weighted by molar-refractivity contribution is -0.120. The molecule has 2 fully saturated rings. The minimum absolute atomic E-state index is 0.126. The second kappa shape index (κ2) is 13.7. The minimum Gasteiger partial charge on any atom is -0.490 e. The molecular formula is C40H55ClN4O5S. The van der Waals surface area contributed by atoms with Crippen molar-refractivity contribution in [2.75, 3.05) is 65.4 Å². The van der Waals surface area contributed by atoms with E-state index in [1.54, 1.807) is 13.0 Å². The Morgan fingerprint density at radius 1 is 1.10 bits per heavy atom. The zero-order valence-corrected chi connectivity index (χ0v) is 32.7. The largest absolute Gasteiger partial charge is 0.490 e. The van der Waals surface area contributed by atoms with Gasteiger partial charge < -0.3 is 19.3 Å². The first-order chi connectivity index (χ1) is 24.2. The number of anilines is 1. The van der Waals surface area contributed by atoms with Crippen molar-refractivity contribution in [3.63, 3.8) is 0 Å². The molecular weight excluding hydrogens is 684 g/mol. The summed E-state index contributed by atoms with van der Waals surface area (Å²) in [4.78, 5) is 20.9. The van der Waals surface area contributed by atoms with Crippen LogP contribution in [0.15, 0.2) is 48.6 Å². The Bertz CT molecular complexity index is 1790. The number of nitrogens with one attached hydrogen (secondary N) is 1. The molecule has 7 rings (SSSR count). The zero-order valence-electron chi connectivity index (χ0n) is 31.1. The Balaban J connectivity index is 1.30. The van der Waals surface area contributed by atoms with Crippen LogP contribution in [0.3, 0.4) is 0 Å². The van der Waals surface area contributed by atoms with E-state index >= 15 is 0 Å². The fourth-order valence-electron chi connectivity index (χ4n) is 9.47. The normalized spacial score (nSPS) is 33.9. The van der Waals surface area contributed by atoms with Crippen molar-refractivity contribution in [2.45, 2.75) is 81.1 Å². The number of ether oxygens (including phenoxy) is 2. The molecule has 2 bridgehead atoms. The molecule has 278 valence electrons. The number of methoxy groups -OCH3 is 1. The number of carbonyl (C=O) groups is 1. The molecule has 5 aliphatic rings. The number of likely N-dealkylation sites (tertiary alicyclic amines) is 1. The summed E-state index contributed by atoms with van der Waals surface area (Å²) < 4.78 is 42.9. The van der Waals surface area contributed by atoms with E-state index in [1.807, 2.05) is 32.2 Å². The molecule has 1 N–H and O–H groups in total. The molecule has 3 heterocycles. The van der Waals surface area contributed by atoms with E-state index in [0.29, 0.717) is 30.3 Å². The molecule has 51 heavy (non-hydrogen) atoms. The predicted molar refractivity (Wildman–Crippen MR) is 203 cm³/mol. The minimum atomic E-state index is -3.95. The summed E-state index contributed by atoms with van der Waals surface area (Å²) in [6.07, 6.45) is 10.1. The highest BCUT2D eigenvalue weighted by atomic mass is 35.5. The molecule has 1 spiro atoms. The molecule has 3 aliphatic heterocycles. The summed E-state index contributed by atoms with van der Waals surface area (Å²) in [6.45, 7) is 10.7. The van der Waals surface area contributed by atoms with Crippen molar-refractivity contribution in [1.29, 1.82) is 0 Å². The van der Waals surface area contributed by atoms with Crippen LogP contribution < -0.4 is 14.4 Å². The number of sulfonamides is 1. The van der Waals surface area contributed by atoms with E-state index < -0.39 is 26.8 Å². The smallest absolute Gasteiger partial charge is 0.264 e. The lowest BCUT2D eigenvalue weighted by Crippen LogP contribution is -2.70. The molecule has 0 radical (unpaired) electrons. The highest BCUT2D eigenvalue weighted by Crippen LogP contribution is 2.49. The van der Waals surface area contributed by atoms with Crippen LogP contribution in [-0.4, -0.2) is 101 Å². The van der Waals surface area contributed by atoms with Gasteiger partial charge in [-0.2, -0.15) is 0 Å². The van der Waals surface area contributed by atoms with E-state index in [2.05, 4.69) is 64.7 Å². The fourth-order valence-corrected chi connectivity index (χ4v) is 10.9. The third-order valence-electron chi connectivity index (χ3n) is 13.3. The van der Waals surface area contributed by atoms with Gasteiger partial charge in [-0.25, -0.2) is 13.1 Å². The highest BCUT2D eigenvalue weighted by Gasteiger charge is 2.52. The average Bonchev–Trinajstić information content (AvgIpc) is 3.21. The van der Waals surface area contributed by atoms with Gasteiger partial charge in [-0.15, -0.1) is 0 Å². The number of likely N-dealkylation sites (N-methyl/N-ethyl adjacent to an activating group) is 1. The Morgan fingerprint density at radius 3 is 2.59 bits per heavy atom. The van der Waals surface area contributed by atoms with Gasteiger partial charge >= 0.3 is 0 Å². The number of rotatable bonds is 4. The van der Waals surface area contributed by atoms with Gasteiger partial charge in [0.25, 0.3) is 5.91 Å². The molecule has 1 saturated heterocycles. The molecule has 11 heteroatoms. The Hall–Kier alpha value is -2.63. The maximum atomic E-state index is 13.6. The van der Waals surface area contributed by atoms with Gasteiger partial charge in [0.1, 0.15) is 11.4 Å². The monoisotopic (exact) mass is 738 g/mol. The molecule has 2 aromatic carbocycles. The third-order valence-corrected chi connectivity index (χ3v) is 15.4. The summed E-state index contributed by atoms with van der Waals surface area (Å²) in [6, 6.07) is 11.6. The van der Waals surface area contributed by atoms with E-state index in [9.17, 15) is 13.2 Å². The number of carbonyl (C=O) groups excluding carboxylic acids is 1. The molecule has 9 nitrogen and oxygen atoms in total. The molecule has 6 atom stereocenters. The van der Waals surface area contributed by atoms with Crippen molar-refractivity contribution in [1.82, 2.24) is 14.5 Å². The van der Waals surface area contributed by atoms with Crippen LogP contribution in [0.4, 0.5) is 5.69 Å². The van der Waals surface area contributed by atoms with Crippen molar-refractivity contribution >= 4 is 33.2 Å². The quantitative estimate of drug-likeness (QED) is 0.388. The number of aryl methyl sites for hydroxylation is 1. The van der Waals surface area contributed by atoms with E-state index in [0.717, 1.165) is 75.5 Å². The number of hydrogen-bond donors (Lipinski definition) is 1. The van der Waals surface area contributed by atoms with Gasteiger partial charge in [0, 0.05) is 61.4 Å². The average molecular weight is 739 g/mol. The third kappa shape index (κ3) is 6.73. The van der Waals surface area contributed by atoms with Crippen LogP contribution in [0.25, 0.3) is 0 Å². The number of hydrogen-bond acceptors (Lipinski definition) is 8. The summed E-state index contributed by atoms with van der Waals surface area (Å²) >= 11 is 6.49. The lowest BCUT2D eigenvalue weighted by Gasteiger charge is -2.57. The van der Waals surface area contributed by atoms with Crippen LogP contribution in [0.1, 0.15) is 74.4 Å². The van der Waals surface area contributed by atoms with Gasteiger partial charge in [0.05, 0.1) is 17.5 Å². The van der Waals surface area contributed by atoms with Crippen LogP contribution >= 0.6 is 11.6 Å². The number of fused-ring (bicyclic) bond motifs is 4. The lowest BCUT2D eigenvalue weighted by atomic mass is 9.63. The second-order valence-corrected chi connectivity index (χ2v) is 19.2. The first-order valence-electron chi connectivity index (χ1n) is 18.7. The van der Waals surface area contributed by atoms with Crippen LogP contribution in [-0.2, 0) is 26.6 Å². The Labute approximate surface area is 309 Å². The maximum Gasteiger partial charge on any atom is 0.264 e. The van der Waals surface area contributed by atoms with Gasteiger partial charge in [0.2, 0.25) is 10.0 Å². The van der Waals surface area contributed by atoms with Gasteiger partial charge in [-0.05, 0) is 126 Å². The molecule has 0 aromatic heterocycles. The fraction of sp³-hybridized carbons (Fsp3) is 0.625. The molecule has 2 aliphatic carbocycles. The number of benzene rings is 2. The summed E-state index contributed by atoms with van der Waals surface area (Å²) in [5.41, 5.74) is 3.04. The van der Waals surface area contributed by atoms with Gasteiger partial charge in [-0.3, -0.25) is 9.69 Å². The molecule has 1 saturated carbocycles. The van der Waals surface area contributed by atoms with E-state index in [4.69, 9.17) is 21.1 Å². The first-order valence-corrected chi connectivity index (χ1v) is 20.6. The standard InChI is InChI=1S/C40H55ClN4O5S/c1-27-9-7-18-40(49-6,25-44-22-38(3,23-44)43(4)5)34-14-11-31(34)21-45-24-39(17-8-10-29-19-32(41)13-15-33(29)39)26-50-36-16-12-30(20-35(36)45)37(46)42-51(47,48)28(27)2/h7,12-13,15-16,18-20,27-28,31,34H,8-11,14,17,21-26H2,1-6H3,(H,42,46)/b18-7+/t27-,28+,31-,34+,39-,40-/m0/s1. The van der Waals surface area contributed by atoms with Crippen molar-refractivity contribution < 1.29 is 22.7 Å². The first kappa shape index (κ1) is 36.7. The number of allylic oxidation sites excluding steroid dienone is 1. The summed E-state index contributed by atoms with van der Waals surface area (Å²) in [7, 11) is 2.19. The number of nitrogens with zero attached hydrogens (tertiary/aromatic N) is 3. The molecule has 1 amide bonds. The molecule has 2 aromatic rings. The Morgan fingerprint density at radius 2 is 1.88 bits per heavy atom. The zero-order chi connectivity index (χ0) is 36.3. The predicted octanol–water partition coefficient (Wildman–Crippen LogP) is 5.90. The van der Waals surface area contributed by atoms with Crippen LogP contribution in [0.5, 0.6) is 5.75 Å². The van der Waals surface area contributed by atoms with Crippen LogP contribution in [0.2, 0.25) is 5.02 Å². The van der Waals surface area contributed by atoms with E-state index in [-0.39, 0.29) is 22.8 Å².